The van der Waals surface area contributed by atoms with Crippen molar-refractivity contribution in [3.8, 4) is 0 Å². The summed E-state index contributed by atoms with van der Waals surface area (Å²) in [6.45, 7) is 0.311. The van der Waals surface area contributed by atoms with Crippen LogP contribution < -0.4 is 0 Å². The van der Waals surface area contributed by atoms with Gasteiger partial charge in [0.2, 0.25) is 0 Å². The van der Waals surface area contributed by atoms with Crippen LogP contribution in [0.3, 0.4) is 0 Å². The summed E-state index contributed by atoms with van der Waals surface area (Å²) in [5.74, 6) is 0. The second kappa shape index (κ2) is 4.93. The van der Waals surface area contributed by atoms with Crippen LogP contribution in [0.25, 0.3) is 0 Å². The Morgan fingerprint density at radius 3 is 2.83 bits per heavy atom. The third-order valence-electron chi connectivity index (χ3n) is 2.01. The Kier molecular flexibility index (Phi) is 3.80. The Balaban J connectivity index is 2.20. The highest BCUT2D eigenvalue weighted by molar-refractivity contribution is 4.99. The molecule has 0 aliphatic carbocycles. The second-order valence-electron chi connectivity index (χ2n) is 2.98. The van der Waals surface area contributed by atoms with Gasteiger partial charge in [-0.05, 0) is 25.3 Å². The van der Waals surface area contributed by atoms with Crippen molar-refractivity contribution < 1.29 is 5.11 Å². The van der Waals surface area contributed by atoms with E-state index in [2.05, 4.69) is 5.10 Å². The van der Waals surface area contributed by atoms with Crippen molar-refractivity contribution in [2.75, 3.05) is 6.61 Å². The summed E-state index contributed by atoms with van der Waals surface area (Å²) in [5, 5.41) is 12.6. The standard InChI is InChI=1S/C9H16N2O/c1-11-9(6-7-10-11)5-3-2-4-8-12/h6-7,12H,2-5,8H2,1H3. The predicted octanol–water partition coefficient (Wildman–Crippen LogP) is 1.13. The molecular weight excluding hydrogens is 152 g/mol. The van der Waals surface area contributed by atoms with Crippen LogP contribution >= 0.6 is 0 Å². The lowest BCUT2D eigenvalue weighted by molar-refractivity contribution is 0.283. The molecule has 0 saturated carbocycles. The number of hydrogen-bond acceptors (Lipinski definition) is 2. The highest BCUT2D eigenvalue weighted by Gasteiger charge is 1.96. The lowest BCUT2D eigenvalue weighted by Crippen LogP contribution is -1.98. The topological polar surface area (TPSA) is 38.0 Å². The fraction of sp³-hybridized carbons (Fsp3) is 0.667. The summed E-state index contributed by atoms with van der Waals surface area (Å²) in [5.41, 5.74) is 1.27. The summed E-state index contributed by atoms with van der Waals surface area (Å²) < 4.78 is 1.90. The Morgan fingerprint density at radius 1 is 1.42 bits per heavy atom. The minimum absolute atomic E-state index is 0.311. The van der Waals surface area contributed by atoms with Gasteiger partial charge < -0.3 is 5.11 Å². The lowest BCUT2D eigenvalue weighted by Gasteiger charge is -2.00. The summed E-state index contributed by atoms with van der Waals surface area (Å²) >= 11 is 0. The van der Waals surface area contributed by atoms with E-state index in [9.17, 15) is 0 Å². The van der Waals surface area contributed by atoms with Crippen molar-refractivity contribution in [2.24, 2.45) is 7.05 Å². The molecule has 0 spiro atoms. The highest BCUT2D eigenvalue weighted by atomic mass is 16.2. The van der Waals surface area contributed by atoms with Gasteiger partial charge in [-0.25, -0.2) is 0 Å². The van der Waals surface area contributed by atoms with E-state index >= 15 is 0 Å². The Hall–Kier alpha value is -0.830. The molecule has 68 valence electrons. The van der Waals surface area contributed by atoms with Crippen molar-refractivity contribution in [3.05, 3.63) is 18.0 Å². The van der Waals surface area contributed by atoms with Crippen LogP contribution in [0, 0.1) is 0 Å². The average molecular weight is 168 g/mol. The van der Waals surface area contributed by atoms with Crippen molar-refractivity contribution in [3.63, 3.8) is 0 Å². The number of unbranched alkanes of at least 4 members (excludes halogenated alkanes) is 2. The zero-order valence-corrected chi connectivity index (χ0v) is 7.53. The monoisotopic (exact) mass is 168 g/mol. The normalized spacial score (nSPS) is 10.5. The Bertz CT molecular complexity index is 220. The molecule has 0 bridgehead atoms. The van der Waals surface area contributed by atoms with Crippen molar-refractivity contribution in [2.45, 2.75) is 25.7 Å². The quantitative estimate of drug-likeness (QED) is 0.669. The number of rotatable bonds is 5. The van der Waals surface area contributed by atoms with Crippen LogP contribution in [-0.4, -0.2) is 21.5 Å². The van der Waals surface area contributed by atoms with Crippen LogP contribution in [0.5, 0.6) is 0 Å². The highest BCUT2D eigenvalue weighted by Crippen LogP contribution is 2.04. The molecule has 1 rings (SSSR count). The molecule has 0 unspecified atom stereocenters. The van der Waals surface area contributed by atoms with E-state index in [1.165, 1.54) is 5.69 Å². The van der Waals surface area contributed by atoms with Crippen molar-refractivity contribution >= 4 is 0 Å². The van der Waals surface area contributed by atoms with E-state index in [1.54, 1.807) is 0 Å². The van der Waals surface area contributed by atoms with E-state index in [1.807, 2.05) is 24.0 Å². The van der Waals surface area contributed by atoms with E-state index in [-0.39, 0.29) is 0 Å². The number of nitrogens with zero attached hydrogens (tertiary/aromatic N) is 2. The van der Waals surface area contributed by atoms with E-state index in [0.29, 0.717) is 6.61 Å². The molecule has 1 N–H and O–H groups in total. The van der Waals surface area contributed by atoms with Crippen LogP contribution in [0.4, 0.5) is 0 Å². The first kappa shape index (κ1) is 9.26. The van der Waals surface area contributed by atoms with Gasteiger partial charge in [-0.2, -0.15) is 5.10 Å². The minimum Gasteiger partial charge on any atom is -0.396 e. The van der Waals surface area contributed by atoms with Crippen LogP contribution in [0.15, 0.2) is 12.3 Å². The maximum atomic E-state index is 8.56. The fourth-order valence-corrected chi connectivity index (χ4v) is 1.24. The first-order valence-electron chi connectivity index (χ1n) is 4.42. The van der Waals surface area contributed by atoms with Gasteiger partial charge in [0.1, 0.15) is 0 Å². The number of hydrogen-bond donors (Lipinski definition) is 1. The third-order valence-corrected chi connectivity index (χ3v) is 2.01. The molecule has 1 aromatic heterocycles. The second-order valence-corrected chi connectivity index (χ2v) is 2.98. The summed E-state index contributed by atoms with van der Waals surface area (Å²) in [6, 6.07) is 2.04. The van der Waals surface area contributed by atoms with Gasteiger partial charge in [-0.3, -0.25) is 4.68 Å². The molecule has 0 amide bonds. The Morgan fingerprint density at radius 2 is 2.25 bits per heavy atom. The first-order valence-corrected chi connectivity index (χ1v) is 4.42. The van der Waals surface area contributed by atoms with E-state index in [0.717, 1.165) is 25.7 Å². The molecule has 0 aliphatic rings. The number of aryl methyl sites for hydroxylation is 2. The van der Waals surface area contributed by atoms with Gasteiger partial charge >= 0.3 is 0 Å². The SMILES string of the molecule is Cn1nccc1CCCCCO. The number of aromatic nitrogens is 2. The fourth-order valence-electron chi connectivity index (χ4n) is 1.24. The van der Waals surface area contributed by atoms with E-state index < -0.39 is 0 Å². The van der Waals surface area contributed by atoms with Gasteiger partial charge in [0, 0.05) is 25.5 Å². The largest absolute Gasteiger partial charge is 0.396 e. The van der Waals surface area contributed by atoms with Crippen molar-refractivity contribution in [1.82, 2.24) is 9.78 Å². The molecule has 3 nitrogen and oxygen atoms in total. The predicted molar refractivity (Wildman–Crippen MR) is 47.8 cm³/mol. The molecule has 3 heteroatoms. The smallest absolute Gasteiger partial charge is 0.0492 e. The van der Waals surface area contributed by atoms with Gasteiger partial charge in [-0.15, -0.1) is 0 Å². The van der Waals surface area contributed by atoms with Crippen LogP contribution in [-0.2, 0) is 13.5 Å². The molecule has 0 aliphatic heterocycles. The molecular formula is C9H16N2O. The molecule has 0 atom stereocenters. The molecule has 12 heavy (non-hydrogen) atoms. The summed E-state index contributed by atoms with van der Waals surface area (Å²) in [6.07, 6.45) is 6.04. The Labute approximate surface area is 73.0 Å². The number of aliphatic hydroxyl groups excluding tert-OH is 1. The zero-order valence-electron chi connectivity index (χ0n) is 7.53. The summed E-state index contributed by atoms with van der Waals surface area (Å²) in [7, 11) is 1.96. The maximum absolute atomic E-state index is 8.56. The minimum atomic E-state index is 0.311. The van der Waals surface area contributed by atoms with Gasteiger partial charge in [0.15, 0.2) is 0 Å². The maximum Gasteiger partial charge on any atom is 0.0492 e. The zero-order chi connectivity index (χ0) is 8.81. The molecule has 0 fully saturated rings. The molecule has 0 radical (unpaired) electrons. The van der Waals surface area contributed by atoms with Crippen LogP contribution in [0.1, 0.15) is 25.0 Å². The van der Waals surface area contributed by atoms with Crippen molar-refractivity contribution in [1.29, 1.82) is 0 Å². The van der Waals surface area contributed by atoms with Gasteiger partial charge in [0.05, 0.1) is 0 Å². The van der Waals surface area contributed by atoms with E-state index in [4.69, 9.17) is 5.11 Å². The lowest BCUT2D eigenvalue weighted by atomic mass is 10.1. The third kappa shape index (κ3) is 2.66. The average Bonchev–Trinajstić information content (AvgIpc) is 2.46. The summed E-state index contributed by atoms with van der Waals surface area (Å²) in [4.78, 5) is 0. The van der Waals surface area contributed by atoms with Crippen LogP contribution in [0.2, 0.25) is 0 Å². The van der Waals surface area contributed by atoms with Gasteiger partial charge in [-0.1, -0.05) is 6.42 Å². The molecule has 1 aromatic rings. The molecule has 0 saturated heterocycles. The first-order chi connectivity index (χ1) is 5.84. The van der Waals surface area contributed by atoms with Gasteiger partial charge in [0.25, 0.3) is 0 Å². The molecule has 1 heterocycles. The number of aliphatic hydroxyl groups is 1. The molecule has 0 aromatic carbocycles.